The van der Waals surface area contributed by atoms with Crippen molar-refractivity contribution in [3.05, 3.63) is 23.5 Å². The second-order valence-electron chi connectivity index (χ2n) is 3.53. The third kappa shape index (κ3) is 3.42. The van der Waals surface area contributed by atoms with E-state index in [0.29, 0.717) is 16.9 Å². The van der Waals surface area contributed by atoms with Crippen molar-refractivity contribution in [2.75, 3.05) is 12.3 Å². The van der Waals surface area contributed by atoms with Gasteiger partial charge in [0, 0.05) is 0 Å². The summed E-state index contributed by atoms with van der Waals surface area (Å²) >= 11 is 0. The predicted molar refractivity (Wildman–Crippen MR) is 60.9 cm³/mol. The van der Waals surface area contributed by atoms with Crippen LogP contribution in [0.5, 0.6) is 0 Å². The Morgan fingerprint density at radius 3 is 2.82 bits per heavy atom. The molecule has 6 N–H and O–H groups in total. The van der Waals surface area contributed by atoms with E-state index >= 15 is 0 Å². The molecule has 0 aromatic carbocycles. The van der Waals surface area contributed by atoms with E-state index in [1.54, 1.807) is 6.92 Å². The third-order valence-corrected chi connectivity index (χ3v) is 2.14. The molecule has 0 saturated heterocycles. The van der Waals surface area contributed by atoms with Crippen molar-refractivity contribution >= 4 is 17.5 Å². The Hall–Kier alpha value is -2.15. The van der Waals surface area contributed by atoms with E-state index < -0.39 is 17.9 Å². The lowest BCUT2D eigenvalue weighted by atomic mass is 10.2. The lowest BCUT2D eigenvalue weighted by molar-refractivity contribution is -0.125. The van der Waals surface area contributed by atoms with Gasteiger partial charge in [-0.3, -0.25) is 14.6 Å². The first-order chi connectivity index (χ1) is 7.91. The molecule has 1 unspecified atom stereocenters. The standard InChI is InChI=1S/C10H14N4O3/c1-5-7(2-6(11)3-13-5)10(17)14-4-8(15)9(12)16/h2-3,8,15H,4,11H2,1H3,(H2,12,16)(H,14,17). The van der Waals surface area contributed by atoms with Gasteiger partial charge in [0.15, 0.2) is 0 Å². The van der Waals surface area contributed by atoms with Gasteiger partial charge in [0.05, 0.1) is 29.7 Å². The highest BCUT2D eigenvalue weighted by Gasteiger charge is 2.15. The molecule has 0 saturated carbocycles. The van der Waals surface area contributed by atoms with Crippen LogP contribution in [0.25, 0.3) is 0 Å². The highest BCUT2D eigenvalue weighted by molar-refractivity contribution is 5.96. The molecule has 7 heteroatoms. The number of nitrogens with one attached hydrogen (secondary N) is 1. The predicted octanol–water partition coefficient (Wildman–Crippen LogP) is -1.45. The van der Waals surface area contributed by atoms with Crippen molar-refractivity contribution in [1.82, 2.24) is 10.3 Å². The number of aromatic nitrogens is 1. The average Bonchev–Trinajstić information content (AvgIpc) is 2.28. The molecule has 17 heavy (non-hydrogen) atoms. The zero-order valence-corrected chi connectivity index (χ0v) is 9.30. The van der Waals surface area contributed by atoms with Crippen LogP contribution >= 0.6 is 0 Å². The fourth-order valence-electron chi connectivity index (χ4n) is 1.16. The zero-order valence-electron chi connectivity index (χ0n) is 9.30. The molecule has 1 atom stereocenters. The average molecular weight is 238 g/mol. The third-order valence-electron chi connectivity index (χ3n) is 2.14. The Kier molecular flexibility index (Phi) is 4.00. The number of anilines is 1. The van der Waals surface area contributed by atoms with Gasteiger partial charge in [-0.1, -0.05) is 0 Å². The minimum absolute atomic E-state index is 0.248. The number of hydrogen-bond acceptors (Lipinski definition) is 5. The Balaban J connectivity index is 2.70. The maximum Gasteiger partial charge on any atom is 0.253 e. The molecular formula is C10H14N4O3. The van der Waals surface area contributed by atoms with E-state index in [0.717, 1.165) is 0 Å². The number of nitrogens with two attached hydrogens (primary N) is 2. The molecule has 2 amide bonds. The molecule has 0 aliphatic heterocycles. The first-order valence-electron chi connectivity index (χ1n) is 4.89. The number of nitrogens with zero attached hydrogens (tertiary/aromatic N) is 1. The SMILES string of the molecule is Cc1ncc(N)cc1C(=O)NCC(O)C(N)=O. The number of primary amides is 1. The summed E-state index contributed by atoms with van der Waals surface area (Å²) in [4.78, 5) is 26.2. The molecule has 0 aliphatic rings. The quantitative estimate of drug-likeness (QED) is 0.509. The van der Waals surface area contributed by atoms with Crippen molar-refractivity contribution in [3.63, 3.8) is 0 Å². The van der Waals surface area contributed by atoms with Gasteiger partial charge in [0.25, 0.3) is 5.91 Å². The molecule has 92 valence electrons. The van der Waals surface area contributed by atoms with Crippen LogP contribution < -0.4 is 16.8 Å². The molecule has 1 rings (SSSR count). The number of pyridine rings is 1. The van der Waals surface area contributed by atoms with E-state index in [1.807, 2.05) is 0 Å². The Morgan fingerprint density at radius 2 is 2.24 bits per heavy atom. The number of amides is 2. The number of carbonyl (C=O) groups is 2. The van der Waals surface area contributed by atoms with Crippen LogP contribution in [0.15, 0.2) is 12.3 Å². The van der Waals surface area contributed by atoms with Crippen molar-refractivity contribution in [2.45, 2.75) is 13.0 Å². The Morgan fingerprint density at radius 1 is 1.59 bits per heavy atom. The zero-order chi connectivity index (χ0) is 13.0. The molecule has 0 fully saturated rings. The van der Waals surface area contributed by atoms with Crippen molar-refractivity contribution in [1.29, 1.82) is 0 Å². The van der Waals surface area contributed by atoms with Gasteiger partial charge in [0.2, 0.25) is 5.91 Å². The summed E-state index contributed by atoms with van der Waals surface area (Å²) in [5.74, 6) is -1.37. The van der Waals surface area contributed by atoms with Gasteiger partial charge >= 0.3 is 0 Å². The van der Waals surface area contributed by atoms with Crippen LogP contribution in [0.1, 0.15) is 16.1 Å². The summed E-state index contributed by atoms with van der Waals surface area (Å²) in [6.45, 7) is 1.40. The van der Waals surface area contributed by atoms with Gasteiger partial charge in [0.1, 0.15) is 6.10 Å². The number of carbonyl (C=O) groups excluding carboxylic acids is 2. The highest BCUT2D eigenvalue weighted by atomic mass is 16.3. The van der Waals surface area contributed by atoms with E-state index in [1.165, 1.54) is 12.3 Å². The number of hydrogen-bond donors (Lipinski definition) is 4. The lowest BCUT2D eigenvalue weighted by Crippen LogP contribution is -2.40. The van der Waals surface area contributed by atoms with Gasteiger partial charge in [-0.15, -0.1) is 0 Å². The monoisotopic (exact) mass is 238 g/mol. The lowest BCUT2D eigenvalue weighted by Gasteiger charge is -2.10. The topological polar surface area (TPSA) is 131 Å². The first-order valence-corrected chi connectivity index (χ1v) is 4.89. The number of aliphatic hydroxyl groups is 1. The van der Waals surface area contributed by atoms with Crippen LogP contribution in [0.3, 0.4) is 0 Å². The van der Waals surface area contributed by atoms with Crippen molar-refractivity contribution in [3.8, 4) is 0 Å². The van der Waals surface area contributed by atoms with Gasteiger partial charge in [-0.05, 0) is 13.0 Å². The number of aliphatic hydroxyl groups excluding tert-OH is 1. The molecular weight excluding hydrogens is 224 g/mol. The largest absolute Gasteiger partial charge is 0.397 e. The molecule has 0 bridgehead atoms. The number of aryl methyl sites for hydroxylation is 1. The summed E-state index contributed by atoms with van der Waals surface area (Å²) < 4.78 is 0. The second kappa shape index (κ2) is 5.26. The Bertz CT molecular complexity index is 447. The summed E-state index contributed by atoms with van der Waals surface area (Å²) in [5, 5.41) is 11.5. The van der Waals surface area contributed by atoms with Crippen molar-refractivity contribution < 1.29 is 14.7 Å². The Labute approximate surface area is 97.8 Å². The van der Waals surface area contributed by atoms with Crippen LogP contribution in [0.2, 0.25) is 0 Å². The van der Waals surface area contributed by atoms with Crippen LogP contribution in [0.4, 0.5) is 5.69 Å². The summed E-state index contributed by atoms with van der Waals surface area (Å²) in [6, 6.07) is 1.47. The van der Waals surface area contributed by atoms with Gasteiger partial charge in [-0.2, -0.15) is 0 Å². The molecule has 7 nitrogen and oxygen atoms in total. The van der Waals surface area contributed by atoms with E-state index in [2.05, 4.69) is 10.3 Å². The smallest absolute Gasteiger partial charge is 0.253 e. The minimum Gasteiger partial charge on any atom is -0.397 e. The maximum absolute atomic E-state index is 11.7. The van der Waals surface area contributed by atoms with Crippen molar-refractivity contribution in [2.24, 2.45) is 5.73 Å². The van der Waals surface area contributed by atoms with Crippen LogP contribution in [-0.4, -0.2) is 34.6 Å². The fraction of sp³-hybridized carbons (Fsp3) is 0.300. The van der Waals surface area contributed by atoms with E-state index in [-0.39, 0.29) is 6.54 Å². The normalized spacial score (nSPS) is 11.9. The summed E-state index contributed by atoms with van der Waals surface area (Å²) in [6.07, 6.45) is 0.0259. The second-order valence-corrected chi connectivity index (χ2v) is 3.53. The first kappa shape index (κ1) is 12.9. The minimum atomic E-state index is -1.41. The molecule has 1 aromatic rings. The molecule has 0 spiro atoms. The fourth-order valence-corrected chi connectivity index (χ4v) is 1.16. The summed E-state index contributed by atoms with van der Waals surface area (Å²) in [7, 11) is 0. The van der Waals surface area contributed by atoms with Crippen LogP contribution in [-0.2, 0) is 4.79 Å². The molecule has 0 radical (unpaired) electrons. The molecule has 1 aromatic heterocycles. The number of nitrogen functional groups attached to an aromatic ring is 1. The highest BCUT2D eigenvalue weighted by Crippen LogP contribution is 2.09. The summed E-state index contributed by atoms with van der Waals surface area (Å²) in [5.41, 5.74) is 11.5. The van der Waals surface area contributed by atoms with Crippen LogP contribution in [0, 0.1) is 6.92 Å². The van der Waals surface area contributed by atoms with E-state index in [4.69, 9.17) is 16.6 Å². The van der Waals surface area contributed by atoms with E-state index in [9.17, 15) is 9.59 Å². The molecule has 0 aliphatic carbocycles. The molecule has 1 heterocycles. The number of rotatable bonds is 4. The maximum atomic E-state index is 11.7. The van der Waals surface area contributed by atoms with Gasteiger partial charge < -0.3 is 21.9 Å². The van der Waals surface area contributed by atoms with Gasteiger partial charge in [-0.25, -0.2) is 0 Å².